The number of anilines is 2. The standard InChI is InChI=1S/C25H34F2N3O7P.2C24H32F2N3O8P/c1-15(2)34-23(32)16(3)13-38(33,37-19-9-7-6-8-10-19)36-17(4)21-22(31)25(27,14-26)24(35-21)30-12-11-20(28)29-18(30)5;2*1-14(2)34-21(31)15(3)12-38(33,37-17-8-6-5-7-9-17)36-16(4)19-20(30)24(26,13-25)22(35-19)29-11-10-18(27)28-23(29)32/h6-12,15-17,21-22,24,31H,5,13-14H2,1-4H3,(H2,28,29);2*5-11,14-16,19-20,22,30H,12-13H2,1-4H3,(H2,27,28,32)/t16-,17-,21-,22+,24-,25?,38-;15-,16-,19-,20+,22-,24?,38?;15-,16-,19-,20+,22-,24?,38+/m111/s1. The number of carbonyl (C=O) groups is 3. The molecule has 32 nitrogen and oxygen atoms in total. The second-order valence-corrected chi connectivity index (χ2v) is 34.3. The Hall–Kier alpha value is -8.51. The molecular formula is C73H98F6N9O23P3. The van der Waals surface area contributed by atoms with Gasteiger partial charge in [-0.05, 0) is 117 Å². The molecule has 114 heavy (non-hydrogen) atoms. The van der Waals surface area contributed by atoms with E-state index in [1.54, 1.807) is 108 Å². The van der Waals surface area contributed by atoms with Crippen LogP contribution < -0.4 is 42.2 Å². The van der Waals surface area contributed by atoms with Gasteiger partial charge in [0.15, 0.2) is 18.7 Å². The van der Waals surface area contributed by atoms with E-state index in [9.17, 15) is 66.2 Å². The molecule has 0 amide bonds. The van der Waals surface area contributed by atoms with Gasteiger partial charge in [-0.15, -0.1) is 0 Å². The lowest BCUT2D eigenvalue weighted by Gasteiger charge is -2.34. The zero-order valence-corrected chi connectivity index (χ0v) is 67.2. The topological polar surface area (TPSA) is 437 Å². The number of nitrogens with two attached hydrogens (primary N) is 3. The smallest absolute Gasteiger partial charge is 0.380 e. The Morgan fingerprint density at radius 1 is 0.491 bits per heavy atom. The molecule has 9 N–H and O–H groups in total. The van der Waals surface area contributed by atoms with Crippen LogP contribution >= 0.6 is 22.8 Å². The number of hydrogen-bond acceptors (Lipinski definition) is 30. The van der Waals surface area contributed by atoms with Crippen LogP contribution in [-0.2, 0) is 70.1 Å². The van der Waals surface area contributed by atoms with Crippen LogP contribution in [-0.4, -0.2) is 198 Å². The molecule has 3 aromatic carbocycles. The van der Waals surface area contributed by atoms with Crippen molar-refractivity contribution < 1.29 is 125 Å². The van der Waals surface area contributed by atoms with Crippen LogP contribution in [0.5, 0.6) is 17.2 Å². The zero-order valence-electron chi connectivity index (χ0n) is 64.5. The predicted octanol–water partition coefficient (Wildman–Crippen LogP) is 9.73. The fourth-order valence-corrected chi connectivity index (χ4v) is 18.3. The Labute approximate surface area is 653 Å². The first kappa shape index (κ1) is 92.7. The highest BCUT2D eigenvalue weighted by atomic mass is 31.2. The summed E-state index contributed by atoms with van der Waals surface area (Å²) in [5.41, 5.74) is 5.47. The molecule has 0 saturated carbocycles. The summed E-state index contributed by atoms with van der Waals surface area (Å²) in [6, 6.07) is 26.5. The minimum atomic E-state index is -4.19. The molecule has 0 radical (unpaired) electrons. The Kier molecular flexibility index (Phi) is 32.0. The summed E-state index contributed by atoms with van der Waals surface area (Å²) >= 11 is 0. The number of carbonyl (C=O) groups excluding carboxylic acids is 3. The average molecular weight is 1680 g/mol. The zero-order chi connectivity index (χ0) is 84.8. The van der Waals surface area contributed by atoms with E-state index in [1.165, 1.54) is 90.2 Å². The number of aliphatic imine (C=N–C) groups is 1. The third-order valence-corrected chi connectivity index (χ3v) is 24.0. The number of esters is 3. The molecule has 2 aromatic heterocycles. The first-order valence-electron chi connectivity index (χ1n) is 36.0. The van der Waals surface area contributed by atoms with Crippen molar-refractivity contribution in [2.45, 2.75) is 192 Å². The first-order valence-corrected chi connectivity index (χ1v) is 41.2. The summed E-state index contributed by atoms with van der Waals surface area (Å²) in [5, 5.41) is 32.3. The molecule has 3 fully saturated rings. The summed E-state index contributed by atoms with van der Waals surface area (Å²) < 4.78 is 199. The molecule has 3 saturated heterocycles. The summed E-state index contributed by atoms with van der Waals surface area (Å²) in [4.78, 5) is 73.8. The van der Waals surface area contributed by atoms with Gasteiger partial charge < -0.3 is 79.4 Å². The van der Waals surface area contributed by atoms with Gasteiger partial charge in [0, 0.05) is 18.6 Å². The lowest BCUT2D eigenvalue weighted by molar-refractivity contribution is -0.152. The van der Waals surface area contributed by atoms with Crippen LogP contribution in [0.4, 0.5) is 38.0 Å². The van der Waals surface area contributed by atoms with Gasteiger partial charge in [0.25, 0.3) is 0 Å². The molecule has 4 aliphatic heterocycles. The molecule has 0 aliphatic carbocycles. The van der Waals surface area contributed by atoms with Crippen molar-refractivity contribution in [3.63, 3.8) is 0 Å². The van der Waals surface area contributed by atoms with E-state index in [0.29, 0.717) is 9.13 Å². The number of nitrogens with zero attached hydrogens (tertiary/aromatic N) is 6. The maximum atomic E-state index is 15.8. The summed E-state index contributed by atoms with van der Waals surface area (Å²) in [6.07, 6.45) is -18.1. The lowest BCUT2D eigenvalue weighted by Crippen LogP contribution is -2.52. The van der Waals surface area contributed by atoms with E-state index in [2.05, 4.69) is 21.5 Å². The van der Waals surface area contributed by atoms with Crippen molar-refractivity contribution >= 4 is 58.2 Å². The molecule has 4 aliphatic rings. The van der Waals surface area contributed by atoms with Crippen LogP contribution in [0, 0.1) is 17.8 Å². The summed E-state index contributed by atoms with van der Waals surface area (Å²) in [6.45, 7) is 17.1. The SMILES string of the molecule is C=C1N=C(N)C=CN1[C@@H]1O[C@H]([C@@H](C)O[P@](=O)(C[C@@H](C)C(=O)OC(C)C)Oc2ccccc2)[C@H](O)C1(F)CF.CC(C)OC(=O)[C@H](C)CP(=O)(Oc1ccccc1)O[C@H](C)[C@H]1O[C@@H](n2ccc(N)nc2=O)C(F)(CF)[C@H]1O.CC(C)OC(=O)[C@H](C)C[P@@](=O)(Oc1ccccc1)O[C@H](C)[C@H]1O[C@@H](n2ccc(N)nc2=O)C(F)(CF)[C@H]1O. The quantitative estimate of drug-likeness (QED) is 0.00984. The Balaban J connectivity index is 0.000000237. The van der Waals surface area contributed by atoms with Crippen molar-refractivity contribution in [2.24, 2.45) is 28.5 Å². The van der Waals surface area contributed by atoms with E-state index in [4.69, 9.17) is 72.8 Å². The van der Waals surface area contributed by atoms with Crippen LogP contribution in [0.3, 0.4) is 0 Å². The molecular weight excluding hydrogens is 1580 g/mol. The van der Waals surface area contributed by atoms with Crippen molar-refractivity contribution in [3.05, 3.63) is 161 Å². The molecule has 0 spiro atoms. The Morgan fingerprint density at radius 2 is 0.772 bits per heavy atom. The molecule has 5 aromatic rings. The monoisotopic (exact) mass is 1680 g/mol. The van der Waals surface area contributed by atoms with Crippen molar-refractivity contribution in [3.8, 4) is 17.2 Å². The van der Waals surface area contributed by atoms with E-state index in [0.717, 1.165) is 17.3 Å². The number of amidine groups is 1. The van der Waals surface area contributed by atoms with Crippen molar-refractivity contribution in [1.29, 1.82) is 0 Å². The van der Waals surface area contributed by atoms with Gasteiger partial charge in [0.2, 0.25) is 17.0 Å². The maximum absolute atomic E-state index is 15.8. The summed E-state index contributed by atoms with van der Waals surface area (Å²) in [5.74, 6) is -4.30. The number of aliphatic hydroxyl groups excluding tert-OH is 3. The van der Waals surface area contributed by atoms with E-state index >= 15 is 13.2 Å². The largest absolute Gasteiger partial charge is 0.463 e. The highest BCUT2D eigenvalue weighted by Gasteiger charge is 2.64. The van der Waals surface area contributed by atoms with Gasteiger partial charge in [0.1, 0.15) is 97.2 Å². The predicted molar refractivity (Wildman–Crippen MR) is 403 cm³/mol. The summed E-state index contributed by atoms with van der Waals surface area (Å²) in [7, 11) is -12.5. The Bertz CT molecular complexity index is 4230. The number of alkyl halides is 6. The molecule has 21 atom stereocenters. The first-order chi connectivity index (χ1) is 53.4. The molecule has 4 unspecified atom stereocenters. The van der Waals surface area contributed by atoms with Crippen LogP contribution in [0.15, 0.2) is 155 Å². The third kappa shape index (κ3) is 23.2. The number of benzene rings is 3. The van der Waals surface area contributed by atoms with Gasteiger partial charge in [-0.1, -0.05) is 81.9 Å². The van der Waals surface area contributed by atoms with Crippen molar-refractivity contribution in [1.82, 2.24) is 24.0 Å². The molecule has 630 valence electrons. The third-order valence-electron chi connectivity index (χ3n) is 17.6. The number of hydrogen-bond donors (Lipinski definition) is 6. The molecule has 9 rings (SSSR count). The number of nitrogen functional groups attached to an aromatic ring is 2. The van der Waals surface area contributed by atoms with Gasteiger partial charge in [-0.2, -0.15) is 9.97 Å². The maximum Gasteiger partial charge on any atom is 0.380 e. The van der Waals surface area contributed by atoms with E-state index in [-0.39, 0.29) is 46.7 Å². The minimum absolute atomic E-state index is 0.0255. The number of ether oxygens (including phenoxy) is 6. The number of halogens is 6. The van der Waals surface area contributed by atoms with Crippen LogP contribution in [0.1, 0.15) is 95.5 Å². The van der Waals surface area contributed by atoms with Crippen LogP contribution in [0.25, 0.3) is 0 Å². The molecule has 0 bridgehead atoms. The minimum Gasteiger partial charge on any atom is -0.463 e. The normalized spacial score (nSPS) is 27.2. The van der Waals surface area contributed by atoms with E-state index in [1.807, 2.05) is 0 Å². The molecule has 41 heteroatoms. The van der Waals surface area contributed by atoms with Crippen LogP contribution in [0.2, 0.25) is 0 Å². The second-order valence-electron chi connectivity index (χ2n) is 28.3. The number of rotatable bonds is 33. The fraction of sp³-hybridized carbons (Fsp3) is 0.534. The second kappa shape index (κ2) is 39.4. The van der Waals surface area contributed by atoms with Gasteiger partial charge in [-0.3, -0.25) is 37.1 Å². The number of para-hydroxylation sites is 3. The number of aliphatic hydroxyl groups is 3. The fourth-order valence-electron chi connectivity index (χ4n) is 12.0. The molecule has 6 heterocycles. The average Bonchev–Trinajstić information content (AvgIpc) is 1.61. The Morgan fingerprint density at radius 3 is 1.04 bits per heavy atom. The van der Waals surface area contributed by atoms with Gasteiger partial charge in [0.05, 0.1) is 72.9 Å². The highest BCUT2D eigenvalue weighted by molar-refractivity contribution is 7.55. The lowest BCUT2D eigenvalue weighted by atomic mass is 9.95. The highest BCUT2D eigenvalue weighted by Crippen LogP contribution is 2.57. The number of aromatic nitrogens is 4. The van der Waals surface area contributed by atoms with Gasteiger partial charge in [-0.25, -0.2) is 54.6 Å². The van der Waals surface area contributed by atoms with Crippen molar-refractivity contribution in [2.75, 3.05) is 50.0 Å². The van der Waals surface area contributed by atoms with Gasteiger partial charge >= 0.3 is 52.1 Å². The van der Waals surface area contributed by atoms with E-state index < -0.39 is 211 Å².